The molecule has 5 rings (SSSR count). The molecule has 1 aromatic carbocycles. The third-order valence-electron chi connectivity index (χ3n) is 6.81. The lowest BCUT2D eigenvalue weighted by Gasteiger charge is -2.32. The standard InChI is InChI=1S/C25H28ClN5O4S.ClH/c1-35-22(32)13-31-9-8-19-21(12-31)36-25(30-19)24(34)29-18-5-3-2-4-17(18)28-23(33)20-11-14-10-15(26)6-7-16(14)27-20;/h6-7,10-11,17-18,27H,2-5,8-9,12-13H2,1H3,(H,28,33)(H,29,34);1H/t17-,18+;/m0./s1. The summed E-state index contributed by atoms with van der Waals surface area (Å²) in [5.74, 6) is -0.702. The van der Waals surface area contributed by atoms with E-state index in [1.807, 2.05) is 17.0 Å². The smallest absolute Gasteiger partial charge is 0.319 e. The van der Waals surface area contributed by atoms with Gasteiger partial charge in [0, 0.05) is 52.4 Å². The molecule has 2 aromatic heterocycles. The van der Waals surface area contributed by atoms with Crippen LogP contribution < -0.4 is 10.6 Å². The minimum absolute atomic E-state index is 0. The third kappa shape index (κ3) is 6.26. The fraction of sp³-hybridized carbons (Fsp3) is 0.440. The number of fused-ring (bicyclic) bond motifs is 2. The van der Waals surface area contributed by atoms with Crippen molar-refractivity contribution in [2.24, 2.45) is 0 Å². The normalized spacial score (nSPS) is 19.5. The minimum atomic E-state index is -0.275. The van der Waals surface area contributed by atoms with Crippen LogP contribution in [0.1, 0.15) is 56.5 Å². The molecule has 0 bridgehead atoms. The van der Waals surface area contributed by atoms with E-state index in [0.29, 0.717) is 35.2 Å². The molecule has 9 nitrogen and oxygen atoms in total. The fourth-order valence-electron chi connectivity index (χ4n) is 4.91. The molecule has 1 aliphatic carbocycles. The first kappa shape index (κ1) is 27.4. The van der Waals surface area contributed by atoms with E-state index in [4.69, 9.17) is 16.3 Å². The van der Waals surface area contributed by atoms with Crippen molar-refractivity contribution in [2.75, 3.05) is 20.2 Å². The number of aromatic nitrogens is 2. The summed E-state index contributed by atoms with van der Waals surface area (Å²) in [7, 11) is 1.38. The Labute approximate surface area is 229 Å². The molecule has 12 heteroatoms. The van der Waals surface area contributed by atoms with Crippen molar-refractivity contribution in [1.29, 1.82) is 0 Å². The van der Waals surface area contributed by atoms with E-state index in [0.717, 1.165) is 47.2 Å². The van der Waals surface area contributed by atoms with Crippen LogP contribution in [0.3, 0.4) is 0 Å². The molecule has 1 aliphatic heterocycles. The lowest BCUT2D eigenvalue weighted by atomic mass is 9.90. The summed E-state index contributed by atoms with van der Waals surface area (Å²) in [5, 5.41) is 8.14. The molecule has 0 radical (unpaired) electrons. The number of H-pyrrole nitrogens is 1. The number of halogens is 2. The maximum absolute atomic E-state index is 13.1. The van der Waals surface area contributed by atoms with E-state index < -0.39 is 0 Å². The zero-order chi connectivity index (χ0) is 25.2. The second-order valence-electron chi connectivity index (χ2n) is 9.28. The van der Waals surface area contributed by atoms with E-state index in [2.05, 4.69) is 20.6 Å². The van der Waals surface area contributed by atoms with Gasteiger partial charge in [-0.25, -0.2) is 4.98 Å². The van der Waals surface area contributed by atoms with E-state index in [-0.39, 0.29) is 48.8 Å². The highest BCUT2D eigenvalue weighted by molar-refractivity contribution is 7.13. The lowest BCUT2D eigenvalue weighted by molar-refractivity contribution is -0.142. The SMILES string of the molecule is COC(=O)CN1CCc2nc(C(=O)N[C@@H]3CCCC[C@@H]3NC(=O)c3cc4cc(Cl)ccc4[nH]3)sc2C1.Cl. The minimum Gasteiger partial charge on any atom is -0.468 e. The predicted octanol–water partition coefficient (Wildman–Crippen LogP) is 3.70. The van der Waals surface area contributed by atoms with Crippen molar-refractivity contribution in [3.8, 4) is 0 Å². The monoisotopic (exact) mass is 565 g/mol. The van der Waals surface area contributed by atoms with Gasteiger partial charge in [-0.2, -0.15) is 0 Å². The average molecular weight is 567 g/mol. The molecule has 2 amide bonds. The van der Waals surface area contributed by atoms with Gasteiger partial charge < -0.3 is 20.4 Å². The Bertz CT molecular complexity index is 1310. The Morgan fingerprint density at radius 1 is 1.16 bits per heavy atom. The number of benzene rings is 1. The number of amides is 2. The van der Waals surface area contributed by atoms with Crippen molar-refractivity contribution < 1.29 is 19.1 Å². The number of ether oxygens (including phenoxy) is 1. The lowest BCUT2D eigenvalue weighted by Crippen LogP contribution is -2.53. The maximum Gasteiger partial charge on any atom is 0.319 e. The quantitative estimate of drug-likeness (QED) is 0.392. The van der Waals surface area contributed by atoms with Crippen LogP contribution in [0, 0.1) is 0 Å². The highest BCUT2D eigenvalue weighted by Gasteiger charge is 2.31. The molecule has 2 aliphatic rings. The van der Waals surface area contributed by atoms with Gasteiger partial charge in [-0.1, -0.05) is 24.4 Å². The molecule has 0 saturated heterocycles. The molecule has 3 aromatic rings. The molecule has 0 unspecified atom stereocenters. The summed E-state index contributed by atoms with van der Waals surface area (Å²) in [6.45, 7) is 1.50. The predicted molar refractivity (Wildman–Crippen MR) is 145 cm³/mol. The van der Waals surface area contributed by atoms with Crippen LogP contribution in [0.2, 0.25) is 5.02 Å². The summed E-state index contributed by atoms with van der Waals surface area (Å²) < 4.78 is 4.76. The van der Waals surface area contributed by atoms with Gasteiger partial charge in [0.05, 0.1) is 19.3 Å². The van der Waals surface area contributed by atoms with Gasteiger partial charge in [-0.15, -0.1) is 23.7 Å². The molecule has 1 fully saturated rings. The number of carbonyl (C=O) groups excluding carboxylic acids is 3. The summed E-state index contributed by atoms with van der Waals surface area (Å²) in [4.78, 5) is 48.4. The number of thiazole rings is 1. The zero-order valence-corrected chi connectivity index (χ0v) is 22.7. The van der Waals surface area contributed by atoms with Crippen LogP contribution in [0.5, 0.6) is 0 Å². The second-order valence-corrected chi connectivity index (χ2v) is 10.8. The molecule has 0 spiro atoms. The van der Waals surface area contributed by atoms with Crippen LogP contribution in [0.25, 0.3) is 10.9 Å². The van der Waals surface area contributed by atoms with Gasteiger partial charge in [0.1, 0.15) is 5.69 Å². The van der Waals surface area contributed by atoms with Gasteiger partial charge in [0.15, 0.2) is 5.01 Å². The first-order valence-electron chi connectivity index (χ1n) is 12.1. The first-order chi connectivity index (χ1) is 17.4. The average Bonchev–Trinajstić information content (AvgIpc) is 3.49. The summed E-state index contributed by atoms with van der Waals surface area (Å²) in [6, 6.07) is 6.88. The highest BCUT2D eigenvalue weighted by Crippen LogP contribution is 2.26. The number of rotatable bonds is 6. The van der Waals surface area contributed by atoms with Crippen LogP contribution >= 0.6 is 35.3 Å². The van der Waals surface area contributed by atoms with E-state index in [9.17, 15) is 14.4 Å². The molecule has 3 N–H and O–H groups in total. The number of nitrogens with one attached hydrogen (secondary N) is 3. The van der Waals surface area contributed by atoms with Crippen LogP contribution in [-0.4, -0.2) is 64.9 Å². The Morgan fingerprint density at radius 3 is 2.62 bits per heavy atom. The molecule has 1 saturated carbocycles. The molecule has 37 heavy (non-hydrogen) atoms. The first-order valence-corrected chi connectivity index (χ1v) is 13.3. The van der Waals surface area contributed by atoms with Crippen LogP contribution in [0.15, 0.2) is 24.3 Å². The number of methoxy groups -OCH3 is 1. The van der Waals surface area contributed by atoms with Gasteiger partial charge >= 0.3 is 5.97 Å². The van der Waals surface area contributed by atoms with Gasteiger partial charge in [-0.3, -0.25) is 19.3 Å². The number of esters is 1. The Morgan fingerprint density at radius 2 is 1.89 bits per heavy atom. The van der Waals surface area contributed by atoms with Gasteiger partial charge in [-0.05, 0) is 37.1 Å². The summed E-state index contributed by atoms with van der Waals surface area (Å²) in [6.07, 6.45) is 4.24. The van der Waals surface area contributed by atoms with E-state index in [1.54, 1.807) is 12.1 Å². The molecule has 2 atom stereocenters. The Kier molecular flexibility index (Phi) is 8.74. The highest BCUT2D eigenvalue weighted by atomic mass is 35.5. The van der Waals surface area contributed by atoms with Gasteiger partial charge in [0.25, 0.3) is 11.8 Å². The number of nitrogens with zero attached hydrogens (tertiary/aromatic N) is 2. The molecule has 198 valence electrons. The van der Waals surface area contributed by atoms with Crippen LogP contribution in [0.4, 0.5) is 0 Å². The maximum atomic E-state index is 13.1. The topological polar surface area (TPSA) is 116 Å². The molecular weight excluding hydrogens is 537 g/mol. The fourth-order valence-corrected chi connectivity index (χ4v) is 6.14. The van der Waals surface area contributed by atoms with Crippen molar-refractivity contribution in [3.63, 3.8) is 0 Å². The van der Waals surface area contributed by atoms with Crippen molar-refractivity contribution in [2.45, 2.75) is 50.7 Å². The van der Waals surface area contributed by atoms with Crippen LogP contribution in [-0.2, 0) is 22.5 Å². The van der Waals surface area contributed by atoms with E-state index in [1.165, 1.54) is 18.4 Å². The summed E-state index contributed by atoms with van der Waals surface area (Å²) >= 11 is 7.43. The van der Waals surface area contributed by atoms with Gasteiger partial charge in [0.2, 0.25) is 0 Å². The second kappa shape index (κ2) is 11.8. The Balaban J connectivity index is 0.00000320. The molecular formula is C25H29Cl2N5O4S. The molecule has 3 heterocycles. The number of hydrogen-bond donors (Lipinski definition) is 3. The number of carbonyl (C=O) groups is 3. The Hall–Kier alpha value is -2.66. The third-order valence-corrected chi connectivity index (χ3v) is 8.13. The van der Waals surface area contributed by atoms with Crippen molar-refractivity contribution >= 4 is 64.0 Å². The summed E-state index contributed by atoms with van der Waals surface area (Å²) in [5.41, 5.74) is 2.22. The number of hydrogen-bond acceptors (Lipinski definition) is 7. The van der Waals surface area contributed by atoms with Crippen molar-refractivity contribution in [1.82, 2.24) is 25.5 Å². The van der Waals surface area contributed by atoms with E-state index >= 15 is 0 Å². The number of aromatic amines is 1. The van der Waals surface area contributed by atoms with Crippen molar-refractivity contribution in [3.05, 3.63) is 50.6 Å². The zero-order valence-electron chi connectivity index (χ0n) is 20.3. The largest absolute Gasteiger partial charge is 0.468 e.